The molecule has 0 aliphatic heterocycles. The molecular weight excluding hydrogens is 268 g/mol. The Balaban J connectivity index is 2.42. The van der Waals surface area contributed by atoms with Crippen molar-refractivity contribution in [1.29, 1.82) is 5.26 Å². The summed E-state index contributed by atoms with van der Waals surface area (Å²) < 4.78 is 11.1. The van der Waals surface area contributed by atoms with Crippen molar-refractivity contribution in [3.8, 4) is 17.6 Å². The minimum atomic E-state index is 0.472. The van der Waals surface area contributed by atoms with Crippen LogP contribution in [0, 0.1) is 16.5 Å². The summed E-state index contributed by atoms with van der Waals surface area (Å²) in [6.07, 6.45) is 4.48. The van der Waals surface area contributed by atoms with Crippen LogP contribution in [0.4, 0.5) is 0 Å². The van der Waals surface area contributed by atoms with E-state index in [-0.39, 0.29) is 0 Å². The lowest BCUT2D eigenvalue weighted by molar-refractivity contribution is -0.605. The van der Waals surface area contributed by atoms with E-state index in [1.165, 1.54) is 12.4 Å². The molecule has 1 aromatic carbocycles. The standard InChI is InChI=1S/C16H14N2O3/c1-20-15-4-3-13(10-16(15)21-2)14(11-17)9-12-5-7-18(19)8-6-12/h3-10H,1-2H3/b14-9+. The van der Waals surface area contributed by atoms with Gasteiger partial charge in [-0.2, -0.15) is 9.99 Å². The number of ether oxygens (including phenoxy) is 2. The van der Waals surface area contributed by atoms with Gasteiger partial charge in [-0.1, -0.05) is 0 Å². The first-order chi connectivity index (χ1) is 10.2. The van der Waals surface area contributed by atoms with E-state index < -0.39 is 0 Å². The topological polar surface area (TPSA) is 69.2 Å². The van der Waals surface area contributed by atoms with Crippen LogP contribution >= 0.6 is 0 Å². The van der Waals surface area contributed by atoms with Gasteiger partial charge in [0.25, 0.3) is 0 Å². The molecule has 0 bridgehead atoms. The molecule has 21 heavy (non-hydrogen) atoms. The fourth-order valence-corrected chi connectivity index (χ4v) is 1.87. The Morgan fingerprint density at radius 2 is 1.81 bits per heavy atom. The lowest BCUT2D eigenvalue weighted by atomic mass is 10.0. The lowest BCUT2D eigenvalue weighted by Crippen LogP contribution is -2.23. The van der Waals surface area contributed by atoms with Gasteiger partial charge in [-0.25, -0.2) is 0 Å². The second-order valence-corrected chi connectivity index (χ2v) is 4.23. The Morgan fingerprint density at radius 3 is 2.38 bits per heavy atom. The number of benzene rings is 1. The van der Waals surface area contributed by atoms with E-state index in [0.29, 0.717) is 27.4 Å². The van der Waals surface area contributed by atoms with Crippen LogP contribution in [0.15, 0.2) is 42.7 Å². The van der Waals surface area contributed by atoms with Crippen LogP contribution in [0.2, 0.25) is 0 Å². The Bertz CT molecular complexity index is 700. The summed E-state index contributed by atoms with van der Waals surface area (Å²) in [7, 11) is 3.10. The first-order valence-corrected chi connectivity index (χ1v) is 6.21. The molecule has 0 N–H and O–H groups in total. The maximum Gasteiger partial charge on any atom is 0.180 e. The van der Waals surface area contributed by atoms with Crippen molar-refractivity contribution in [3.05, 3.63) is 59.1 Å². The molecule has 1 heterocycles. The van der Waals surface area contributed by atoms with Crippen molar-refractivity contribution < 1.29 is 14.2 Å². The molecule has 1 aromatic heterocycles. The van der Waals surface area contributed by atoms with Gasteiger partial charge in [0.2, 0.25) is 0 Å². The fraction of sp³-hybridized carbons (Fsp3) is 0.125. The smallest absolute Gasteiger partial charge is 0.180 e. The number of pyridine rings is 1. The minimum Gasteiger partial charge on any atom is -0.619 e. The third-order valence-corrected chi connectivity index (χ3v) is 2.95. The van der Waals surface area contributed by atoms with E-state index in [1.807, 2.05) is 0 Å². The Morgan fingerprint density at radius 1 is 1.14 bits per heavy atom. The summed E-state index contributed by atoms with van der Waals surface area (Å²) in [4.78, 5) is 0. The molecule has 2 aromatic rings. The zero-order valence-corrected chi connectivity index (χ0v) is 11.7. The molecule has 0 aliphatic rings. The van der Waals surface area contributed by atoms with Crippen LogP contribution in [0.5, 0.6) is 11.5 Å². The summed E-state index contributed by atoms with van der Waals surface area (Å²) in [5, 5.41) is 20.3. The Hall–Kier alpha value is -3.00. The zero-order valence-electron chi connectivity index (χ0n) is 11.7. The van der Waals surface area contributed by atoms with Gasteiger partial charge in [0.1, 0.15) is 0 Å². The summed E-state index contributed by atoms with van der Waals surface area (Å²) in [5.41, 5.74) is 1.96. The average Bonchev–Trinajstić information content (AvgIpc) is 2.53. The van der Waals surface area contributed by atoms with E-state index in [2.05, 4.69) is 6.07 Å². The van der Waals surface area contributed by atoms with E-state index in [4.69, 9.17) is 9.47 Å². The highest BCUT2D eigenvalue weighted by Crippen LogP contribution is 2.30. The van der Waals surface area contributed by atoms with Crippen molar-refractivity contribution in [3.63, 3.8) is 0 Å². The number of aromatic nitrogens is 1. The molecule has 0 aliphatic carbocycles. The highest BCUT2D eigenvalue weighted by Gasteiger charge is 2.08. The second-order valence-electron chi connectivity index (χ2n) is 4.23. The van der Waals surface area contributed by atoms with Gasteiger partial charge in [0.05, 0.1) is 25.9 Å². The van der Waals surface area contributed by atoms with Gasteiger partial charge in [0.15, 0.2) is 23.9 Å². The van der Waals surface area contributed by atoms with E-state index >= 15 is 0 Å². The monoisotopic (exact) mass is 282 g/mol. The highest BCUT2D eigenvalue weighted by atomic mass is 16.5. The number of rotatable bonds is 4. The van der Waals surface area contributed by atoms with Crippen molar-refractivity contribution in [2.75, 3.05) is 14.2 Å². The van der Waals surface area contributed by atoms with E-state index in [9.17, 15) is 10.5 Å². The number of allylic oxidation sites excluding steroid dienone is 1. The van der Waals surface area contributed by atoms with Crippen molar-refractivity contribution in [1.82, 2.24) is 0 Å². The average molecular weight is 282 g/mol. The quantitative estimate of drug-likeness (QED) is 0.490. The van der Waals surface area contributed by atoms with Crippen LogP contribution in [0.1, 0.15) is 11.1 Å². The molecular formula is C16H14N2O3. The maximum atomic E-state index is 11.0. The second kappa shape index (κ2) is 6.44. The minimum absolute atomic E-state index is 0.472. The molecule has 2 rings (SSSR count). The summed E-state index contributed by atoms with van der Waals surface area (Å²) in [6.45, 7) is 0. The van der Waals surface area contributed by atoms with Crippen LogP contribution in [0.3, 0.4) is 0 Å². The summed E-state index contributed by atoms with van der Waals surface area (Å²) in [5.74, 6) is 1.16. The van der Waals surface area contributed by atoms with Crippen LogP contribution in [0.25, 0.3) is 11.6 Å². The molecule has 0 radical (unpaired) electrons. The van der Waals surface area contributed by atoms with Gasteiger partial charge < -0.3 is 14.7 Å². The molecule has 0 saturated heterocycles. The van der Waals surface area contributed by atoms with Gasteiger partial charge in [0, 0.05) is 12.1 Å². The van der Waals surface area contributed by atoms with Gasteiger partial charge >= 0.3 is 0 Å². The van der Waals surface area contributed by atoms with Crippen molar-refractivity contribution in [2.45, 2.75) is 0 Å². The molecule has 0 unspecified atom stereocenters. The SMILES string of the molecule is COc1ccc(/C(C#N)=C/c2cc[n+]([O-])cc2)cc1OC. The summed E-state index contributed by atoms with van der Waals surface area (Å²) >= 11 is 0. The van der Waals surface area contributed by atoms with Gasteiger partial charge in [-0.15, -0.1) is 0 Å². The van der Waals surface area contributed by atoms with E-state index in [0.717, 1.165) is 5.56 Å². The third-order valence-electron chi connectivity index (χ3n) is 2.95. The fourth-order valence-electron chi connectivity index (χ4n) is 1.87. The van der Waals surface area contributed by atoms with Gasteiger partial charge in [-0.3, -0.25) is 0 Å². The normalized spacial score (nSPS) is 10.8. The number of hydrogen-bond acceptors (Lipinski definition) is 4. The predicted molar refractivity (Wildman–Crippen MR) is 78.4 cm³/mol. The number of nitriles is 1. The lowest BCUT2D eigenvalue weighted by Gasteiger charge is -2.09. The molecule has 0 fully saturated rings. The van der Waals surface area contributed by atoms with E-state index in [1.54, 1.807) is 50.6 Å². The van der Waals surface area contributed by atoms with Gasteiger partial charge in [-0.05, 0) is 35.4 Å². The summed E-state index contributed by atoms with van der Waals surface area (Å²) in [6, 6.07) is 10.7. The molecule has 0 spiro atoms. The zero-order chi connectivity index (χ0) is 15.2. The Labute approximate surface area is 122 Å². The molecule has 5 nitrogen and oxygen atoms in total. The number of methoxy groups -OCH3 is 2. The molecule has 0 saturated carbocycles. The van der Waals surface area contributed by atoms with Crippen molar-refractivity contribution in [2.24, 2.45) is 0 Å². The van der Waals surface area contributed by atoms with Crippen molar-refractivity contribution >= 4 is 11.6 Å². The molecule has 5 heteroatoms. The Kier molecular flexibility index (Phi) is 4.42. The first kappa shape index (κ1) is 14.4. The number of hydrogen-bond donors (Lipinski definition) is 0. The number of nitrogens with zero attached hydrogens (tertiary/aromatic N) is 2. The first-order valence-electron chi connectivity index (χ1n) is 6.21. The van der Waals surface area contributed by atoms with Crippen LogP contribution < -0.4 is 14.2 Å². The highest BCUT2D eigenvalue weighted by molar-refractivity contribution is 5.90. The third kappa shape index (κ3) is 3.31. The van der Waals surface area contributed by atoms with Crippen LogP contribution in [-0.4, -0.2) is 14.2 Å². The van der Waals surface area contributed by atoms with Crippen LogP contribution in [-0.2, 0) is 0 Å². The predicted octanol–water partition coefficient (Wildman–Crippen LogP) is 2.40. The maximum absolute atomic E-state index is 11.0. The largest absolute Gasteiger partial charge is 0.619 e. The molecule has 0 atom stereocenters. The molecule has 106 valence electrons. The molecule has 0 amide bonds.